The molecule has 0 N–H and O–H groups in total. The predicted octanol–water partition coefficient (Wildman–Crippen LogP) is 2.68. The Morgan fingerprint density at radius 2 is 2.12 bits per heavy atom. The van der Waals surface area contributed by atoms with Crippen LogP contribution in [0.3, 0.4) is 0 Å². The molecule has 3 rings (SSSR count). The standard InChI is InChI=1S/C12H8N4/c13-7-9-5-10-3-1-2-4-11(10)16-8-14-15-12(16)6-9/h1-6H,8H2. The summed E-state index contributed by atoms with van der Waals surface area (Å²) in [5.41, 5.74) is 2.67. The maximum Gasteiger partial charge on any atom is 0.158 e. The minimum atomic E-state index is 0.523. The van der Waals surface area contributed by atoms with Gasteiger partial charge in [0, 0.05) is 6.08 Å². The first-order valence-corrected chi connectivity index (χ1v) is 4.96. The van der Waals surface area contributed by atoms with Crippen molar-refractivity contribution in [2.24, 2.45) is 10.2 Å². The summed E-state index contributed by atoms with van der Waals surface area (Å²) in [4.78, 5) is 2.00. The van der Waals surface area contributed by atoms with E-state index in [0.717, 1.165) is 17.1 Å². The highest BCUT2D eigenvalue weighted by molar-refractivity contribution is 5.76. The molecule has 2 heterocycles. The Labute approximate surface area is 92.8 Å². The lowest BCUT2D eigenvalue weighted by Crippen LogP contribution is -2.17. The summed E-state index contributed by atoms with van der Waals surface area (Å²) in [6.07, 6.45) is 3.63. The lowest BCUT2D eigenvalue weighted by Gasteiger charge is -2.17. The number of hydrogen-bond acceptors (Lipinski definition) is 4. The number of rotatable bonds is 0. The van der Waals surface area contributed by atoms with E-state index in [9.17, 15) is 0 Å². The van der Waals surface area contributed by atoms with Gasteiger partial charge in [-0.1, -0.05) is 18.2 Å². The zero-order valence-corrected chi connectivity index (χ0v) is 8.46. The Morgan fingerprint density at radius 1 is 1.25 bits per heavy atom. The molecule has 0 saturated carbocycles. The van der Waals surface area contributed by atoms with Crippen LogP contribution in [0.1, 0.15) is 5.56 Å². The van der Waals surface area contributed by atoms with Gasteiger partial charge < -0.3 is 4.90 Å². The van der Waals surface area contributed by atoms with Crippen LogP contribution < -0.4 is 4.90 Å². The van der Waals surface area contributed by atoms with Crippen molar-refractivity contribution < 1.29 is 0 Å². The van der Waals surface area contributed by atoms with Gasteiger partial charge in [-0.05, 0) is 17.7 Å². The molecule has 0 atom stereocenters. The average molecular weight is 208 g/mol. The largest absolute Gasteiger partial charge is 0.302 e. The molecule has 0 unspecified atom stereocenters. The van der Waals surface area contributed by atoms with Crippen LogP contribution in [0, 0.1) is 11.3 Å². The predicted molar refractivity (Wildman–Crippen MR) is 60.3 cm³/mol. The fourth-order valence-corrected chi connectivity index (χ4v) is 1.87. The third-order valence-electron chi connectivity index (χ3n) is 2.61. The van der Waals surface area contributed by atoms with E-state index in [1.807, 2.05) is 35.2 Å². The highest BCUT2D eigenvalue weighted by atomic mass is 15.4. The van der Waals surface area contributed by atoms with Crippen molar-refractivity contribution in [2.75, 3.05) is 11.6 Å². The van der Waals surface area contributed by atoms with Crippen molar-refractivity contribution in [1.82, 2.24) is 0 Å². The van der Waals surface area contributed by atoms with E-state index >= 15 is 0 Å². The summed E-state index contributed by atoms with van der Waals surface area (Å²) in [5.74, 6) is 0.734. The summed E-state index contributed by atoms with van der Waals surface area (Å²) in [6, 6.07) is 10.1. The van der Waals surface area contributed by atoms with Crippen LogP contribution in [0.25, 0.3) is 6.08 Å². The SMILES string of the molecule is N#CC1=Cc2ccccc2N2CN=NC2=C1. The zero-order valence-electron chi connectivity index (χ0n) is 8.46. The third kappa shape index (κ3) is 1.22. The molecule has 2 aliphatic rings. The maximum atomic E-state index is 9.01. The van der Waals surface area contributed by atoms with Gasteiger partial charge in [0.25, 0.3) is 0 Å². The molecule has 0 saturated heterocycles. The second-order valence-corrected chi connectivity index (χ2v) is 3.58. The molecule has 0 radical (unpaired) electrons. The molecular formula is C12H8N4. The Balaban J connectivity index is 2.25. The molecule has 0 fully saturated rings. The Morgan fingerprint density at radius 3 is 3.00 bits per heavy atom. The number of nitriles is 1. The molecule has 0 spiro atoms. The van der Waals surface area contributed by atoms with Crippen LogP contribution in [-0.2, 0) is 0 Å². The van der Waals surface area contributed by atoms with Crippen molar-refractivity contribution in [2.45, 2.75) is 0 Å². The van der Waals surface area contributed by atoms with Crippen molar-refractivity contribution in [3.8, 4) is 6.07 Å². The molecule has 1 aromatic rings. The van der Waals surface area contributed by atoms with E-state index in [0.29, 0.717) is 12.2 Å². The van der Waals surface area contributed by atoms with Crippen molar-refractivity contribution >= 4 is 11.8 Å². The topological polar surface area (TPSA) is 51.8 Å². The zero-order chi connectivity index (χ0) is 11.0. The van der Waals surface area contributed by atoms with Crippen LogP contribution in [0.5, 0.6) is 0 Å². The van der Waals surface area contributed by atoms with Crippen LogP contribution in [0.2, 0.25) is 0 Å². The molecule has 0 amide bonds. The summed E-state index contributed by atoms with van der Waals surface area (Å²) in [7, 11) is 0. The number of allylic oxidation sites excluding steroid dienone is 2. The molecule has 4 nitrogen and oxygen atoms in total. The van der Waals surface area contributed by atoms with Gasteiger partial charge in [0.2, 0.25) is 0 Å². The fourth-order valence-electron chi connectivity index (χ4n) is 1.87. The van der Waals surface area contributed by atoms with E-state index < -0.39 is 0 Å². The van der Waals surface area contributed by atoms with Crippen LogP contribution in [0.4, 0.5) is 5.69 Å². The number of benzene rings is 1. The van der Waals surface area contributed by atoms with Gasteiger partial charge in [-0.2, -0.15) is 10.4 Å². The van der Waals surface area contributed by atoms with Gasteiger partial charge in [-0.15, -0.1) is 5.11 Å². The minimum Gasteiger partial charge on any atom is -0.302 e. The number of hydrogen-bond donors (Lipinski definition) is 0. The van der Waals surface area contributed by atoms with Crippen LogP contribution in [0.15, 0.2) is 52.0 Å². The number of azo groups is 1. The van der Waals surface area contributed by atoms with Crippen molar-refractivity contribution in [3.05, 3.63) is 47.3 Å². The second kappa shape index (κ2) is 3.31. The van der Waals surface area contributed by atoms with E-state index in [1.165, 1.54) is 0 Å². The Kier molecular flexibility index (Phi) is 1.84. The van der Waals surface area contributed by atoms with E-state index in [2.05, 4.69) is 16.3 Å². The van der Waals surface area contributed by atoms with Gasteiger partial charge >= 0.3 is 0 Å². The number of anilines is 1. The molecule has 4 heteroatoms. The first kappa shape index (κ1) is 8.86. The molecule has 16 heavy (non-hydrogen) atoms. The molecule has 0 aromatic heterocycles. The molecule has 76 valence electrons. The number of nitrogens with zero attached hydrogens (tertiary/aromatic N) is 4. The first-order valence-electron chi connectivity index (χ1n) is 4.96. The minimum absolute atomic E-state index is 0.523. The Bertz CT molecular complexity index is 575. The van der Waals surface area contributed by atoms with Gasteiger partial charge in [0.05, 0.1) is 17.3 Å². The molecule has 0 aliphatic carbocycles. The molecule has 2 aliphatic heterocycles. The molecule has 1 aromatic carbocycles. The maximum absolute atomic E-state index is 9.01. The van der Waals surface area contributed by atoms with Crippen molar-refractivity contribution in [3.63, 3.8) is 0 Å². The molecular weight excluding hydrogens is 200 g/mol. The fraction of sp³-hybridized carbons (Fsp3) is 0.0833. The Hall–Kier alpha value is -2.41. The van der Waals surface area contributed by atoms with Crippen LogP contribution >= 0.6 is 0 Å². The third-order valence-corrected chi connectivity index (χ3v) is 2.61. The summed E-state index contributed by atoms with van der Waals surface area (Å²) in [5, 5.41) is 17.0. The van der Waals surface area contributed by atoms with E-state index in [1.54, 1.807) is 6.08 Å². The van der Waals surface area contributed by atoms with Gasteiger partial charge in [0.15, 0.2) is 5.82 Å². The monoisotopic (exact) mass is 208 g/mol. The highest BCUT2D eigenvalue weighted by Crippen LogP contribution is 2.32. The molecule has 0 bridgehead atoms. The van der Waals surface area contributed by atoms with Gasteiger partial charge in [-0.3, -0.25) is 0 Å². The van der Waals surface area contributed by atoms with Crippen molar-refractivity contribution in [1.29, 1.82) is 5.26 Å². The smallest absolute Gasteiger partial charge is 0.158 e. The average Bonchev–Trinajstić information content (AvgIpc) is 2.71. The highest BCUT2D eigenvalue weighted by Gasteiger charge is 2.21. The lowest BCUT2D eigenvalue weighted by atomic mass is 10.1. The van der Waals surface area contributed by atoms with Gasteiger partial charge in [0.1, 0.15) is 6.67 Å². The number of para-hydroxylation sites is 1. The second-order valence-electron chi connectivity index (χ2n) is 3.58. The van der Waals surface area contributed by atoms with Crippen LogP contribution in [-0.4, -0.2) is 6.67 Å². The number of fused-ring (bicyclic) bond motifs is 3. The first-order chi connectivity index (χ1) is 7.88. The van der Waals surface area contributed by atoms with E-state index in [-0.39, 0.29) is 0 Å². The summed E-state index contributed by atoms with van der Waals surface area (Å²) >= 11 is 0. The summed E-state index contributed by atoms with van der Waals surface area (Å²) in [6.45, 7) is 0.523. The lowest BCUT2D eigenvalue weighted by molar-refractivity contribution is 1.00. The van der Waals surface area contributed by atoms with Gasteiger partial charge in [-0.25, -0.2) is 0 Å². The van der Waals surface area contributed by atoms with E-state index in [4.69, 9.17) is 5.26 Å². The normalized spacial score (nSPS) is 16.8. The quantitative estimate of drug-likeness (QED) is 0.658. The summed E-state index contributed by atoms with van der Waals surface area (Å²) < 4.78 is 0.